The number of aromatic nitrogens is 3. The molecule has 0 unspecified atom stereocenters. The number of carbonyl (C=O) groups is 1. The van der Waals surface area contributed by atoms with E-state index in [2.05, 4.69) is 25.9 Å². The molecule has 6 rings (SSSR count). The number of hydrogen-bond donors (Lipinski definition) is 1. The summed E-state index contributed by atoms with van der Waals surface area (Å²) in [6.45, 7) is 2.21. The highest BCUT2D eigenvalue weighted by Crippen LogP contribution is 2.31. The van der Waals surface area contributed by atoms with Crippen LogP contribution < -0.4 is 15.4 Å². The van der Waals surface area contributed by atoms with Crippen LogP contribution in [0.2, 0.25) is 0 Å². The quantitative estimate of drug-likeness (QED) is 0.478. The topological polar surface area (TPSA) is 82.2 Å². The van der Waals surface area contributed by atoms with Crippen LogP contribution in [0.3, 0.4) is 0 Å². The number of anilines is 2. The number of benzene rings is 2. The standard InChI is InChI=1S/C27H25N5O2.CH4/c33-26-21(15-20-6-1-3-7-22(20)30-26)18-9-12-31(13-10-18)25-16-23(28-17-29-25)27(34)32-14-11-19-5-2-4-8-24(19)32;/h1-8,15-18H,9-14H2,(H,30,33);1H4. The third-order valence-corrected chi connectivity index (χ3v) is 7.05. The second kappa shape index (κ2) is 9.33. The first-order chi connectivity index (χ1) is 16.7. The third-order valence-electron chi connectivity index (χ3n) is 7.05. The van der Waals surface area contributed by atoms with Gasteiger partial charge >= 0.3 is 0 Å². The molecule has 0 spiro atoms. The number of carbonyl (C=O) groups excluding carboxylic acids is 1. The first-order valence-corrected chi connectivity index (χ1v) is 11.8. The van der Waals surface area contributed by atoms with E-state index in [9.17, 15) is 9.59 Å². The van der Waals surface area contributed by atoms with Crippen LogP contribution in [-0.2, 0) is 6.42 Å². The molecule has 0 aliphatic carbocycles. The fourth-order valence-corrected chi connectivity index (χ4v) is 5.21. The molecule has 35 heavy (non-hydrogen) atoms. The molecule has 1 N–H and O–H groups in total. The van der Waals surface area contributed by atoms with Gasteiger partial charge in [0.15, 0.2) is 0 Å². The van der Waals surface area contributed by atoms with Gasteiger partial charge in [0.2, 0.25) is 0 Å². The van der Waals surface area contributed by atoms with Crippen molar-refractivity contribution < 1.29 is 4.79 Å². The number of nitrogens with one attached hydrogen (secondary N) is 1. The number of piperidine rings is 1. The molecule has 4 heterocycles. The molecule has 0 saturated carbocycles. The van der Waals surface area contributed by atoms with Crippen LogP contribution in [0.15, 0.2) is 71.8 Å². The monoisotopic (exact) mass is 467 g/mol. The van der Waals surface area contributed by atoms with Crippen LogP contribution in [0.1, 0.15) is 47.8 Å². The Kier molecular flexibility index (Phi) is 6.07. The maximum atomic E-state index is 13.2. The maximum Gasteiger partial charge on any atom is 0.277 e. The average molecular weight is 468 g/mol. The number of fused-ring (bicyclic) bond motifs is 2. The van der Waals surface area contributed by atoms with Crippen molar-refractivity contribution in [3.05, 3.63) is 94.2 Å². The summed E-state index contributed by atoms with van der Waals surface area (Å²) in [7, 11) is 0. The van der Waals surface area contributed by atoms with Crippen molar-refractivity contribution in [2.75, 3.05) is 29.4 Å². The highest BCUT2D eigenvalue weighted by molar-refractivity contribution is 6.06. The Morgan fingerprint density at radius 2 is 1.71 bits per heavy atom. The molecule has 2 aromatic heterocycles. The van der Waals surface area contributed by atoms with Crippen LogP contribution in [0.4, 0.5) is 11.5 Å². The van der Waals surface area contributed by atoms with E-state index in [-0.39, 0.29) is 24.8 Å². The highest BCUT2D eigenvalue weighted by Gasteiger charge is 2.28. The number of hydrogen-bond acceptors (Lipinski definition) is 5. The minimum absolute atomic E-state index is 0. The molecule has 0 radical (unpaired) electrons. The van der Waals surface area contributed by atoms with Crippen molar-refractivity contribution in [1.82, 2.24) is 15.0 Å². The smallest absolute Gasteiger partial charge is 0.277 e. The molecule has 0 atom stereocenters. The SMILES string of the molecule is C.O=C(c1cc(N2CCC(c3cc4ccccc4[nH]c3=O)CC2)ncn1)N1CCc2ccccc21. The van der Waals surface area contributed by atoms with Gasteiger partial charge in [-0.1, -0.05) is 43.8 Å². The van der Waals surface area contributed by atoms with Crippen molar-refractivity contribution in [1.29, 1.82) is 0 Å². The Labute approximate surface area is 204 Å². The van der Waals surface area contributed by atoms with Crippen LogP contribution >= 0.6 is 0 Å². The summed E-state index contributed by atoms with van der Waals surface area (Å²) >= 11 is 0. The van der Waals surface area contributed by atoms with Gasteiger partial charge in [0.1, 0.15) is 17.8 Å². The number of rotatable bonds is 3. The summed E-state index contributed by atoms with van der Waals surface area (Å²) in [6, 6.07) is 19.7. The molecule has 0 bridgehead atoms. The van der Waals surface area contributed by atoms with Crippen LogP contribution in [-0.4, -0.2) is 40.5 Å². The van der Waals surface area contributed by atoms with Gasteiger partial charge in [-0.15, -0.1) is 0 Å². The maximum absolute atomic E-state index is 13.2. The number of pyridine rings is 1. The molecule has 4 aromatic rings. The van der Waals surface area contributed by atoms with Crippen molar-refractivity contribution in [3.8, 4) is 0 Å². The van der Waals surface area contributed by atoms with Gasteiger partial charge in [-0.05, 0) is 54.3 Å². The van der Waals surface area contributed by atoms with Crippen molar-refractivity contribution in [3.63, 3.8) is 0 Å². The minimum atomic E-state index is -0.0915. The summed E-state index contributed by atoms with van der Waals surface area (Å²) < 4.78 is 0. The van der Waals surface area contributed by atoms with E-state index < -0.39 is 0 Å². The molecule has 2 aliphatic rings. The second-order valence-electron chi connectivity index (χ2n) is 9.00. The summed E-state index contributed by atoms with van der Waals surface area (Å²) in [5.41, 5.74) is 4.29. The van der Waals surface area contributed by atoms with E-state index >= 15 is 0 Å². The number of para-hydroxylation sites is 2. The number of H-pyrrole nitrogens is 1. The van der Waals surface area contributed by atoms with Gasteiger partial charge in [-0.2, -0.15) is 0 Å². The molecule has 1 fully saturated rings. The molecular formula is C28H29N5O2. The molecule has 1 saturated heterocycles. The Morgan fingerprint density at radius 1 is 0.943 bits per heavy atom. The summed E-state index contributed by atoms with van der Waals surface area (Å²) in [5, 5.41) is 1.06. The Hall–Kier alpha value is -4.00. The lowest BCUT2D eigenvalue weighted by Gasteiger charge is -2.32. The van der Waals surface area contributed by atoms with Gasteiger partial charge < -0.3 is 14.8 Å². The molecule has 2 aromatic carbocycles. The zero-order valence-electron chi connectivity index (χ0n) is 18.8. The van der Waals surface area contributed by atoms with E-state index in [4.69, 9.17) is 0 Å². The fraction of sp³-hybridized carbons (Fsp3) is 0.286. The Balaban J connectivity index is 0.00000253. The minimum Gasteiger partial charge on any atom is -0.356 e. The van der Waals surface area contributed by atoms with Crippen LogP contribution in [0.5, 0.6) is 0 Å². The predicted molar refractivity (Wildman–Crippen MR) is 139 cm³/mol. The molecule has 1 amide bonds. The van der Waals surface area contributed by atoms with E-state index in [1.807, 2.05) is 48.5 Å². The Morgan fingerprint density at radius 3 is 2.57 bits per heavy atom. The molecular weight excluding hydrogens is 438 g/mol. The zero-order valence-corrected chi connectivity index (χ0v) is 18.8. The summed E-state index contributed by atoms with van der Waals surface area (Å²) in [5.74, 6) is 0.872. The van der Waals surface area contributed by atoms with E-state index in [0.717, 1.165) is 60.3 Å². The molecule has 7 nitrogen and oxygen atoms in total. The Bertz CT molecular complexity index is 1440. The van der Waals surface area contributed by atoms with Crippen LogP contribution in [0.25, 0.3) is 10.9 Å². The van der Waals surface area contributed by atoms with Gasteiger partial charge in [0, 0.05) is 42.5 Å². The van der Waals surface area contributed by atoms with E-state index in [1.165, 1.54) is 11.9 Å². The van der Waals surface area contributed by atoms with Gasteiger partial charge in [-0.25, -0.2) is 9.97 Å². The number of nitrogens with zero attached hydrogens (tertiary/aromatic N) is 4. The summed E-state index contributed by atoms with van der Waals surface area (Å²) in [4.78, 5) is 41.6. The van der Waals surface area contributed by atoms with Crippen LogP contribution in [0, 0.1) is 0 Å². The van der Waals surface area contributed by atoms with Crippen molar-refractivity contribution >= 4 is 28.3 Å². The number of aromatic amines is 1. The highest BCUT2D eigenvalue weighted by atomic mass is 16.2. The zero-order chi connectivity index (χ0) is 23.1. The van der Waals surface area contributed by atoms with E-state index in [0.29, 0.717) is 12.2 Å². The average Bonchev–Trinajstić information content (AvgIpc) is 3.32. The lowest BCUT2D eigenvalue weighted by molar-refractivity contribution is 0.0984. The largest absolute Gasteiger partial charge is 0.356 e. The fourth-order valence-electron chi connectivity index (χ4n) is 5.21. The lowest BCUT2D eigenvalue weighted by atomic mass is 9.89. The van der Waals surface area contributed by atoms with E-state index in [1.54, 1.807) is 11.0 Å². The van der Waals surface area contributed by atoms with Gasteiger partial charge in [-0.3, -0.25) is 9.59 Å². The van der Waals surface area contributed by atoms with Gasteiger partial charge in [0.05, 0.1) is 0 Å². The predicted octanol–water partition coefficient (Wildman–Crippen LogP) is 4.54. The van der Waals surface area contributed by atoms with Gasteiger partial charge in [0.25, 0.3) is 11.5 Å². The summed E-state index contributed by atoms with van der Waals surface area (Å²) in [6.07, 6.45) is 4.05. The normalized spacial score (nSPS) is 15.7. The molecule has 178 valence electrons. The third kappa shape index (κ3) is 4.18. The lowest BCUT2D eigenvalue weighted by Crippen LogP contribution is -2.35. The van der Waals surface area contributed by atoms with Crippen molar-refractivity contribution in [2.24, 2.45) is 0 Å². The van der Waals surface area contributed by atoms with Crippen molar-refractivity contribution in [2.45, 2.75) is 32.6 Å². The molecule has 7 heteroatoms. The number of amides is 1. The first kappa shape index (κ1) is 22.8. The second-order valence-corrected chi connectivity index (χ2v) is 9.00. The first-order valence-electron chi connectivity index (χ1n) is 11.8. The molecule has 2 aliphatic heterocycles.